The zero-order valence-electron chi connectivity index (χ0n) is 34.7. The Morgan fingerprint density at radius 1 is 0.528 bits per heavy atom. The van der Waals surface area contributed by atoms with E-state index >= 15 is 0 Å². The second-order valence-corrected chi connectivity index (χ2v) is 16.4. The number of esters is 2. The topological polar surface area (TPSA) is 108 Å². The van der Waals surface area contributed by atoms with Crippen molar-refractivity contribution in [3.05, 3.63) is 24.3 Å². The maximum atomic E-state index is 12.5. The van der Waals surface area contributed by atoms with Gasteiger partial charge in [0.1, 0.15) is 6.61 Å². The molecule has 0 rings (SSSR count). The predicted octanol–water partition coefficient (Wildman–Crippen LogP) is 13.8. The highest BCUT2D eigenvalue weighted by Gasteiger charge is 2.24. The molecule has 0 aliphatic heterocycles. The van der Waals surface area contributed by atoms with E-state index in [4.69, 9.17) is 14.0 Å². The van der Waals surface area contributed by atoms with Gasteiger partial charge in [-0.05, 0) is 44.9 Å². The minimum atomic E-state index is -4.26. The summed E-state index contributed by atoms with van der Waals surface area (Å²) in [6.07, 6.45) is 45.1. The lowest BCUT2D eigenvalue weighted by Crippen LogP contribution is -2.29. The SMILES string of the molecule is CCCCCCC/C=C\C/C=C\CCCCCCCCCCCC(=O)OC(COC(=O)CCCCCCCCCCCCCCC)COP(=O)(O)OC. The van der Waals surface area contributed by atoms with Crippen molar-refractivity contribution in [2.45, 2.75) is 225 Å². The lowest BCUT2D eigenvalue weighted by atomic mass is 10.0. The van der Waals surface area contributed by atoms with E-state index in [9.17, 15) is 19.0 Å². The molecule has 9 heteroatoms. The summed E-state index contributed by atoms with van der Waals surface area (Å²) in [5, 5.41) is 0. The van der Waals surface area contributed by atoms with E-state index in [-0.39, 0.29) is 19.0 Å². The smallest absolute Gasteiger partial charge is 0.462 e. The van der Waals surface area contributed by atoms with E-state index in [0.29, 0.717) is 12.8 Å². The first-order valence-electron chi connectivity index (χ1n) is 22.0. The van der Waals surface area contributed by atoms with Crippen molar-refractivity contribution in [1.82, 2.24) is 0 Å². The van der Waals surface area contributed by atoms with Gasteiger partial charge in [0.25, 0.3) is 0 Å². The van der Waals surface area contributed by atoms with Crippen LogP contribution in [0.25, 0.3) is 0 Å². The molecule has 1 N–H and O–H groups in total. The Bertz CT molecular complexity index is 921. The first-order valence-corrected chi connectivity index (χ1v) is 23.5. The number of allylic oxidation sites excluding steroid dienone is 4. The standard InChI is InChI=1S/C44H83O8P/c1-4-6-8-10-12-14-16-18-19-20-21-22-23-24-25-27-29-31-33-35-37-39-44(46)52-42(41-51-53(47,48)49-3)40-50-43(45)38-36-34-32-30-28-26-17-15-13-11-9-7-5-2/h16,18,20-21,42H,4-15,17,19,22-41H2,1-3H3,(H,47,48)/b18-16-,21-20-. The Morgan fingerprint density at radius 2 is 0.906 bits per heavy atom. The van der Waals surface area contributed by atoms with E-state index in [2.05, 4.69) is 42.7 Å². The fourth-order valence-electron chi connectivity index (χ4n) is 6.28. The predicted molar refractivity (Wildman–Crippen MR) is 221 cm³/mol. The molecule has 0 radical (unpaired) electrons. The summed E-state index contributed by atoms with van der Waals surface area (Å²) in [4.78, 5) is 34.5. The monoisotopic (exact) mass is 771 g/mol. The number of ether oxygens (including phenoxy) is 2. The van der Waals surface area contributed by atoms with Crippen LogP contribution in [0.5, 0.6) is 0 Å². The van der Waals surface area contributed by atoms with Crippen LogP contribution in [-0.2, 0) is 32.7 Å². The van der Waals surface area contributed by atoms with Gasteiger partial charge in [-0.1, -0.05) is 186 Å². The molecule has 0 aliphatic carbocycles. The molecule has 0 heterocycles. The molecule has 0 amide bonds. The highest BCUT2D eigenvalue weighted by molar-refractivity contribution is 7.47. The molecular formula is C44H83O8P. The molecule has 0 bridgehead atoms. The maximum absolute atomic E-state index is 12.5. The van der Waals surface area contributed by atoms with Gasteiger partial charge >= 0.3 is 19.8 Å². The molecule has 0 aliphatic rings. The summed E-state index contributed by atoms with van der Waals surface area (Å²) in [6, 6.07) is 0. The van der Waals surface area contributed by atoms with Crippen molar-refractivity contribution in [1.29, 1.82) is 0 Å². The van der Waals surface area contributed by atoms with Crippen molar-refractivity contribution in [2.75, 3.05) is 20.3 Å². The minimum absolute atomic E-state index is 0.223. The third kappa shape index (κ3) is 40.0. The number of phosphoric acid groups is 1. The van der Waals surface area contributed by atoms with Crippen LogP contribution in [0.15, 0.2) is 24.3 Å². The largest absolute Gasteiger partial charge is 0.472 e. The number of hydrogen-bond acceptors (Lipinski definition) is 7. The van der Waals surface area contributed by atoms with E-state index in [1.54, 1.807) is 0 Å². The average Bonchev–Trinajstić information content (AvgIpc) is 3.15. The molecule has 53 heavy (non-hydrogen) atoms. The molecule has 0 saturated heterocycles. The molecule has 2 atom stereocenters. The lowest BCUT2D eigenvalue weighted by Gasteiger charge is -2.19. The first-order chi connectivity index (χ1) is 25.8. The Balaban J connectivity index is 3.95. The van der Waals surface area contributed by atoms with Gasteiger partial charge in [0.05, 0.1) is 6.61 Å². The van der Waals surface area contributed by atoms with Crippen LogP contribution in [-0.4, -0.2) is 43.3 Å². The number of phosphoric ester groups is 1. The van der Waals surface area contributed by atoms with Gasteiger partial charge in [0.2, 0.25) is 0 Å². The molecule has 312 valence electrons. The maximum Gasteiger partial charge on any atom is 0.472 e. The van der Waals surface area contributed by atoms with Crippen molar-refractivity contribution in [2.24, 2.45) is 0 Å². The zero-order valence-corrected chi connectivity index (χ0v) is 35.6. The Kier molecular flexibility index (Phi) is 39.1. The van der Waals surface area contributed by atoms with Crippen LogP contribution in [0, 0.1) is 0 Å². The van der Waals surface area contributed by atoms with Gasteiger partial charge in [0, 0.05) is 20.0 Å². The molecule has 0 aromatic carbocycles. The zero-order chi connectivity index (χ0) is 38.9. The van der Waals surface area contributed by atoms with Crippen LogP contribution in [0.1, 0.15) is 219 Å². The van der Waals surface area contributed by atoms with Gasteiger partial charge in [-0.15, -0.1) is 0 Å². The summed E-state index contributed by atoms with van der Waals surface area (Å²) < 4.78 is 32.0. The quantitative estimate of drug-likeness (QED) is 0.0283. The number of carbonyl (C=O) groups is 2. The molecule has 2 unspecified atom stereocenters. The normalized spacial score (nSPS) is 13.5. The lowest BCUT2D eigenvalue weighted by molar-refractivity contribution is -0.161. The van der Waals surface area contributed by atoms with Crippen LogP contribution in [0.4, 0.5) is 0 Å². The summed E-state index contributed by atoms with van der Waals surface area (Å²) >= 11 is 0. The van der Waals surface area contributed by atoms with Crippen LogP contribution in [0.3, 0.4) is 0 Å². The number of hydrogen-bond donors (Lipinski definition) is 1. The number of rotatable bonds is 41. The fourth-order valence-corrected chi connectivity index (χ4v) is 6.74. The first kappa shape index (κ1) is 51.5. The Morgan fingerprint density at radius 3 is 1.32 bits per heavy atom. The van der Waals surface area contributed by atoms with E-state index in [0.717, 1.165) is 52.1 Å². The highest BCUT2D eigenvalue weighted by Crippen LogP contribution is 2.42. The summed E-state index contributed by atoms with van der Waals surface area (Å²) in [7, 11) is -3.20. The van der Waals surface area contributed by atoms with Crippen molar-refractivity contribution in [3.63, 3.8) is 0 Å². The average molecular weight is 771 g/mol. The second kappa shape index (κ2) is 40.2. The van der Waals surface area contributed by atoms with Crippen LogP contribution < -0.4 is 0 Å². The van der Waals surface area contributed by atoms with Crippen molar-refractivity contribution in [3.8, 4) is 0 Å². The fraction of sp³-hybridized carbons (Fsp3) is 0.864. The van der Waals surface area contributed by atoms with Crippen molar-refractivity contribution < 1.29 is 37.6 Å². The summed E-state index contributed by atoms with van der Waals surface area (Å²) in [5.41, 5.74) is 0. The number of carbonyl (C=O) groups excluding carboxylic acids is 2. The molecule has 0 aromatic heterocycles. The Labute approximate surface area is 326 Å². The molecule has 0 aromatic rings. The van der Waals surface area contributed by atoms with Crippen LogP contribution >= 0.6 is 7.82 Å². The Hall–Kier alpha value is -1.47. The van der Waals surface area contributed by atoms with Gasteiger partial charge in [0.15, 0.2) is 6.10 Å². The van der Waals surface area contributed by atoms with Gasteiger partial charge in [-0.3, -0.25) is 18.6 Å². The van der Waals surface area contributed by atoms with E-state index in [1.165, 1.54) is 141 Å². The number of unbranched alkanes of at least 4 members (excludes halogenated alkanes) is 26. The third-order valence-electron chi connectivity index (χ3n) is 9.70. The third-order valence-corrected chi connectivity index (χ3v) is 10.6. The summed E-state index contributed by atoms with van der Waals surface area (Å²) in [5.74, 6) is -0.800. The molecule has 8 nitrogen and oxygen atoms in total. The van der Waals surface area contributed by atoms with Crippen LogP contribution in [0.2, 0.25) is 0 Å². The van der Waals surface area contributed by atoms with Gasteiger partial charge < -0.3 is 14.4 Å². The van der Waals surface area contributed by atoms with E-state index in [1.807, 2.05) is 0 Å². The van der Waals surface area contributed by atoms with E-state index < -0.39 is 26.5 Å². The molecule has 0 fully saturated rings. The molecule has 0 saturated carbocycles. The van der Waals surface area contributed by atoms with Gasteiger partial charge in [-0.25, -0.2) is 4.57 Å². The van der Waals surface area contributed by atoms with Crippen molar-refractivity contribution >= 4 is 19.8 Å². The summed E-state index contributed by atoms with van der Waals surface area (Å²) in [6.45, 7) is 3.89. The molecular weight excluding hydrogens is 687 g/mol. The molecule has 0 spiro atoms. The second-order valence-electron chi connectivity index (χ2n) is 14.8. The highest BCUT2D eigenvalue weighted by atomic mass is 31.2. The van der Waals surface area contributed by atoms with Gasteiger partial charge in [-0.2, -0.15) is 0 Å². The minimum Gasteiger partial charge on any atom is -0.462 e.